The Morgan fingerprint density at radius 3 is 2.95 bits per heavy atom. The molecule has 1 aromatic carbocycles. The maximum absolute atomic E-state index is 11.7. The fraction of sp³-hybridized carbons (Fsp3) is 0.200. The maximum Gasteiger partial charge on any atom is 0.244 e. The molecule has 0 spiro atoms. The van der Waals surface area contributed by atoms with E-state index in [-0.39, 0.29) is 5.91 Å². The van der Waals surface area contributed by atoms with Crippen LogP contribution in [0.4, 0.5) is 0 Å². The second-order valence-corrected chi connectivity index (χ2v) is 5.26. The van der Waals surface area contributed by atoms with Crippen molar-refractivity contribution in [2.24, 2.45) is 0 Å². The summed E-state index contributed by atoms with van der Waals surface area (Å²) in [6.45, 7) is 1.37. The number of hydrogen-bond acceptors (Lipinski definition) is 2. The Kier molecular flexibility index (Phi) is 5.84. The average Bonchev–Trinajstić information content (AvgIpc) is 2.96. The quantitative estimate of drug-likeness (QED) is 0.654. The van der Waals surface area contributed by atoms with Crippen LogP contribution in [0.1, 0.15) is 12.0 Å². The van der Waals surface area contributed by atoms with Crippen molar-refractivity contribution in [3.05, 3.63) is 58.3 Å². The number of aromatic nitrogens is 2. The van der Waals surface area contributed by atoms with Gasteiger partial charge >= 0.3 is 0 Å². The number of amides is 1. The van der Waals surface area contributed by atoms with E-state index >= 15 is 0 Å². The fourth-order valence-corrected chi connectivity index (χ4v) is 2.22. The lowest BCUT2D eigenvalue weighted by molar-refractivity contribution is -0.116. The first-order chi connectivity index (χ1) is 10.1. The molecule has 0 radical (unpaired) electrons. The molecule has 1 aromatic heterocycles. The van der Waals surface area contributed by atoms with E-state index in [1.807, 2.05) is 16.9 Å². The Balaban J connectivity index is 1.74. The van der Waals surface area contributed by atoms with Crippen molar-refractivity contribution in [2.45, 2.75) is 13.0 Å². The number of hydrogen-bond donors (Lipinski definition) is 1. The minimum absolute atomic E-state index is 0.151. The van der Waals surface area contributed by atoms with Crippen LogP contribution in [0.15, 0.2) is 42.7 Å². The number of rotatable bonds is 6. The van der Waals surface area contributed by atoms with Gasteiger partial charge in [-0.25, -0.2) is 0 Å². The maximum atomic E-state index is 11.7. The molecule has 4 nitrogen and oxygen atoms in total. The highest BCUT2D eigenvalue weighted by Crippen LogP contribution is 2.21. The summed E-state index contributed by atoms with van der Waals surface area (Å²) in [6.07, 6.45) is 7.58. The van der Waals surface area contributed by atoms with Gasteiger partial charge in [-0.15, -0.1) is 0 Å². The van der Waals surface area contributed by atoms with E-state index in [4.69, 9.17) is 23.2 Å². The van der Waals surface area contributed by atoms with Crippen molar-refractivity contribution in [3.63, 3.8) is 0 Å². The molecule has 1 heterocycles. The highest BCUT2D eigenvalue weighted by Gasteiger charge is 1.99. The van der Waals surface area contributed by atoms with Gasteiger partial charge in [0.05, 0.1) is 0 Å². The van der Waals surface area contributed by atoms with Crippen molar-refractivity contribution in [1.82, 2.24) is 15.1 Å². The normalized spacial score (nSPS) is 11.0. The molecule has 6 heteroatoms. The monoisotopic (exact) mass is 323 g/mol. The molecule has 0 fully saturated rings. The predicted octanol–water partition coefficient (Wildman–Crippen LogP) is 3.41. The second kappa shape index (κ2) is 7.86. The summed E-state index contributed by atoms with van der Waals surface area (Å²) in [4.78, 5) is 11.7. The van der Waals surface area contributed by atoms with Gasteiger partial charge in [0, 0.05) is 41.6 Å². The minimum atomic E-state index is -0.151. The lowest BCUT2D eigenvalue weighted by Crippen LogP contribution is -2.23. The predicted molar refractivity (Wildman–Crippen MR) is 85.3 cm³/mol. The highest BCUT2D eigenvalue weighted by molar-refractivity contribution is 6.35. The Bertz CT molecular complexity index is 624. The lowest BCUT2D eigenvalue weighted by Gasteiger charge is -2.03. The van der Waals surface area contributed by atoms with Crippen molar-refractivity contribution >= 4 is 35.2 Å². The van der Waals surface area contributed by atoms with Crippen LogP contribution in [0.2, 0.25) is 10.0 Å². The number of nitrogens with zero attached hydrogens (tertiary/aromatic N) is 2. The molecular formula is C15H15Cl2N3O. The van der Waals surface area contributed by atoms with Gasteiger partial charge in [0.2, 0.25) is 5.91 Å². The van der Waals surface area contributed by atoms with E-state index in [0.29, 0.717) is 16.6 Å². The van der Waals surface area contributed by atoms with Gasteiger partial charge in [-0.3, -0.25) is 9.48 Å². The van der Waals surface area contributed by atoms with Crippen molar-refractivity contribution in [1.29, 1.82) is 0 Å². The van der Waals surface area contributed by atoms with E-state index < -0.39 is 0 Å². The highest BCUT2D eigenvalue weighted by atomic mass is 35.5. The molecule has 2 aromatic rings. The van der Waals surface area contributed by atoms with Crippen LogP contribution in [0, 0.1) is 0 Å². The first kappa shape index (κ1) is 15.6. The van der Waals surface area contributed by atoms with Gasteiger partial charge in [0.25, 0.3) is 0 Å². The summed E-state index contributed by atoms with van der Waals surface area (Å²) in [5.74, 6) is -0.151. The van der Waals surface area contributed by atoms with Crippen molar-refractivity contribution < 1.29 is 4.79 Å². The zero-order valence-corrected chi connectivity index (χ0v) is 12.8. The summed E-state index contributed by atoms with van der Waals surface area (Å²) < 4.78 is 1.83. The largest absolute Gasteiger partial charge is 0.352 e. The smallest absolute Gasteiger partial charge is 0.244 e. The van der Waals surface area contributed by atoms with Crippen LogP contribution >= 0.6 is 23.2 Å². The first-order valence-electron chi connectivity index (χ1n) is 6.53. The van der Waals surface area contributed by atoms with Crippen LogP contribution in [0.5, 0.6) is 0 Å². The molecule has 110 valence electrons. The minimum Gasteiger partial charge on any atom is -0.352 e. The van der Waals surface area contributed by atoms with Gasteiger partial charge < -0.3 is 5.32 Å². The van der Waals surface area contributed by atoms with Gasteiger partial charge in [-0.1, -0.05) is 29.3 Å². The number of benzene rings is 1. The van der Waals surface area contributed by atoms with Crippen molar-refractivity contribution in [3.8, 4) is 0 Å². The van der Waals surface area contributed by atoms with E-state index in [1.54, 1.807) is 30.5 Å². The molecule has 0 atom stereocenters. The molecule has 0 saturated heterocycles. The van der Waals surface area contributed by atoms with Crippen LogP contribution in [0.25, 0.3) is 6.08 Å². The molecule has 0 aliphatic heterocycles. The molecule has 2 rings (SSSR count). The Morgan fingerprint density at radius 1 is 1.38 bits per heavy atom. The molecule has 0 unspecified atom stereocenters. The van der Waals surface area contributed by atoms with E-state index in [9.17, 15) is 4.79 Å². The van der Waals surface area contributed by atoms with Gasteiger partial charge in [-0.2, -0.15) is 5.10 Å². The van der Waals surface area contributed by atoms with Gasteiger partial charge in [0.1, 0.15) is 0 Å². The number of halogens is 2. The number of aryl methyl sites for hydroxylation is 1. The Labute approximate surface area is 133 Å². The number of nitrogens with one attached hydrogen (secondary N) is 1. The number of carbonyl (C=O) groups excluding carboxylic acids is 1. The van der Waals surface area contributed by atoms with Crippen LogP contribution in [0.3, 0.4) is 0 Å². The van der Waals surface area contributed by atoms with E-state index in [2.05, 4.69) is 10.4 Å². The van der Waals surface area contributed by atoms with Gasteiger partial charge in [0.15, 0.2) is 0 Å². The lowest BCUT2D eigenvalue weighted by atomic mass is 10.2. The van der Waals surface area contributed by atoms with Crippen LogP contribution < -0.4 is 5.32 Å². The molecule has 21 heavy (non-hydrogen) atoms. The SMILES string of the molecule is O=C(/C=C/c1ccc(Cl)cc1Cl)NCCCn1cccn1. The zero-order valence-electron chi connectivity index (χ0n) is 11.3. The van der Waals surface area contributed by atoms with E-state index in [0.717, 1.165) is 18.5 Å². The van der Waals surface area contributed by atoms with Gasteiger partial charge in [-0.05, 0) is 36.3 Å². The third-order valence-electron chi connectivity index (χ3n) is 2.80. The topological polar surface area (TPSA) is 46.9 Å². The molecule has 1 amide bonds. The summed E-state index contributed by atoms with van der Waals surface area (Å²) >= 11 is 11.8. The van der Waals surface area contributed by atoms with Crippen LogP contribution in [-0.4, -0.2) is 22.2 Å². The number of carbonyl (C=O) groups is 1. The molecular weight excluding hydrogens is 309 g/mol. The molecule has 0 aliphatic rings. The Hall–Kier alpha value is -1.78. The first-order valence-corrected chi connectivity index (χ1v) is 7.29. The molecule has 0 aliphatic carbocycles. The average molecular weight is 324 g/mol. The standard InChI is InChI=1S/C15H15Cl2N3O/c16-13-5-3-12(14(17)11-13)4-6-15(21)18-7-1-9-20-10-2-8-19-20/h2-6,8,10-11H,1,7,9H2,(H,18,21)/b6-4+. The fourth-order valence-electron chi connectivity index (χ4n) is 1.75. The molecule has 1 N–H and O–H groups in total. The summed E-state index contributed by atoms with van der Waals surface area (Å²) in [7, 11) is 0. The summed E-state index contributed by atoms with van der Waals surface area (Å²) in [5, 5.41) is 7.99. The summed E-state index contributed by atoms with van der Waals surface area (Å²) in [5.41, 5.74) is 0.757. The zero-order chi connectivity index (χ0) is 15.1. The summed E-state index contributed by atoms with van der Waals surface area (Å²) in [6, 6.07) is 7.02. The van der Waals surface area contributed by atoms with E-state index in [1.165, 1.54) is 6.08 Å². The second-order valence-electron chi connectivity index (χ2n) is 4.41. The van der Waals surface area contributed by atoms with Crippen LogP contribution in [-0.2, 0) is 11.3 Å². The van der Waals surface area contributed by atoms with Crippen molar-refractivity contribution in [2.75, 3.05) is 6.54 Å². The molecule has 0 saturated carbocycles. The Morgan fingerprint density at radius 2 is 2.24 bits per heavy atom. The third kappa shape index (κ3) is 5.25. The third-order valence-corrected chi connectivity index (χ3v) is 3.36. The molecule has 0 bridgehead atoms.